The molecule has 0 bridgehead atoms. The maximum absolute atomic E-state index is 11.3. The number of carboxylic acid groups (broad SMARTS) is 6. The van der Waals surface area contributed by atoms with Crippen molar-refractivity contribution in [1.82, 2.24) is 0 Å². The summed E-state index contributed by atoms with van der Waals surface area (Å²) in [5.74, 6) is 1.57. The fourth-order valence-electron chi connectivity index (χ4n) is 12.0. The molecule has 0 aromatic carbocycles. The first kappa shape index (κ1) is 126. The number of hydrogen-bond donors (Lipinski definition) is 12. The van der Waals surface area contributed by atoms with Crippen molar-refractivity contribution in [3.8, 4) is 0 Å². The van der Waals surface area contributed by atoms with E-state index in [2.05, 4.69) is 203 Å². The maximum Gasteiger partial charge on any atom is -2.00 e. The number of carbonyl (C=O) groups is 6. The third-order valence-corrected chi connectivity index (χ3v) is 21.4. The van der Waals surface area contributed by atoms with Gasteiger partial charge in [-0.15, -0.1) is 0 Å². The molecule has 28 heteroatoms. The smallest absolute Gasteiger partial charge is 2.00 e. The fraction of sp³-hybridized carbons (Fsp3) is 0.919. The molecular weight excluding hydrogens is 1770 g/mol. The molecule has 0 heterocycles. The number of hydrogen-bond acceptors (Lipinski definition) is 24. The minimum absolute atomic E-state index is 0. The molecule has 0 N–H and O–H groups in total. The van der Waals surface area contributed by atoms with Gasteiger partial charge in [0.15, 0.2) is 0 Å². The summed E-state index contributed by atoms with van der Waals surface area (Å²) in [6.07, 6.45) is 37.7. The van der Waals surface area contributed by atoms with E-state index in [0.29, 0.717) is 185 Å². The van der Waals surface area contributed by atoms with Crippen LogP contribution in [0, 0.1) is 32.5 Å². The Morgan fingerprint density at radius 1 is 0.196 bits per heavy atom. The molecule has 0 aliphatic rings. The molecule has 0 aliphatic heterocycles. The van der Waals surface area contributed by atoms with E-state index in [9.17, 15) is 59.4 Å². The Labute approximate surface area is 733 Å². The summed E-state index contributed by atoms with van der Waals surface area (Å²) in [7, 11) is 0. The van der Waals surface area contributed by atoms with E-state index in [4.69, 9.17) is 0 Å². The Morgan fingerprint density at radius 3 is 0.343 bits per heavy atom. The van der Waals surface area contributed by atoms with Crippen LogP contribution in [0.5, 0.6) is 0 Å². The zero-order chi connectivity index (χ0) is 78.6. The third kappa shape index (κ3) is 64.7. The first-order valence-electron chi connectivity index (χ1n) is 37.4. The van der Waals surface area contributed by atoms with Gasteiger partial charge in [0.1, 0.15) is 0 Å². The van der Waals surface area contributed by atoms with Crippen LogP contribution in [0.3, 0.4) is 0 Å². The summed E-state index contributed by atoms with van der Waals surface area (Å²) >= 11 is 52.9. The second-order valence-electron chi connectivity index (χ2n) is 26.0. The summed E-state index contributed by atoms with van der Waals surface area (Å²) in [4.78, 5) is 71.9. The van der Waals surface area contributed by atoms with Crippen molar-refractivity contribution in [2.45, 2.75) is 321 Å². The predicted molar refractivity (Wildman–Crippen MR) is 477 cm³/mol. The van der Waals surface area contributed by atoms with Crippen molar-refractivity contribution in [1.29, 1.82) is 0 Å². The van der Waals surface area contributed by atoms with Gasteiger partial charge in [-0.05, 0) is 185 Å². The van der Waals surface area contributed by atoms with Gasteiger partial charge in [-0.2, -0.15) is 152 Å². The molecular formula is C74H144O12S14Sn2-6. The van der Waals surface area contributed by atoms with Gasteiger partial charge in [0.2, 0.25) is 0 Å². The molecule has 0 fully saturated rings. The van der Waals surface area contributed by atoms with Gasteiger partial charge in [0.25, 0.3) is 0 Å². The van der Waals surface area contributed by atoms with Crippen molar-refractivity contribution < 1.29 is 59.4 Å². The number of unbranched alkanes of at least 4 members (excludes halogenated alkanes) is 18. The SMILES string of the molecule is CCCCCCC(CCS)(CCS)C(=O)[O-].CCCCCCC(CCS)(CCS)C(=O)[O-].CCCCCCC(CCS)(CCS)C(=O)[O-].CCCCCCC(CCS)(CCS)C(=O)[O-].CCCCCCC(CCS)(CCS)C(=O)[O-].CCCCCCC(CCS)(CCS)C(=O)[O-].[CH3][Sn+2].[CH3][Sn+2].[S-2].[S-2]. The zero-order valence-corrected chi connectivity index (χ0v) is 82.3. The van der Waals surface area contributed by atoms with Crippen molar-refractivity contribution in [3.05, 3.63) is 0 Å². The minimum Gasteiger partial charge on any atom is -2.00 e. The fourth-order valence-corrected chi connectivity index (χ4v) is 17.1. The van der Waals surface area contributed by atoms with E-state index in [1.165, 1.54) is 38.5 Å². The number of rotatable bonds is 60. The summed E-state index contributed by atoms with van der Waals surface area (Å²) in [5.41, 5.74) is -4.18. The summed E-state index contributed by atoms with van der Waals surface area (Å²) in [6.45, 7) is 12.9. The zero-order valence-electron chi connectivity index (χ0n) is 64.3. The van der Waals surface area contributed by atoms with E-state index in [1.54, 1.807) is 45.0 Å². The van der Waals surface area contributed by atoms with Gasteiger partial charge in [-0.1, -0.05) is 196 Å². The summed E-state index contributed by atoms with van der Waals surface area (Å²) < 4.78 is 0. The van der Waals surface area contributed by atoms with Gasteiger partial charge in [0, 0.05) is 68.3 Å². The third-order valence-electron chi connectivity index (χ3n) is 18.7. The average Bonchev–Trinajstić information content (AvgIpc) is 0.910. The molecule has 2 radical (unpaired) electrons. The van der Waals surface area contributed by atoms with E-state index in [0.717, 1.165) is 116 Å². The van der Waals surface area contributed by atoms with Crippen molar-refractivity contribution in [2.75, 3.05) is 69.0 Å². The summed E-state index contributed by atoms with van der Waals surface area (Å²) in [6, 6.07) is 0. The van der Waals surface area contributed by atoms with E-state index in [-0.39, 0.29) is 27.0 Å². The molecule has 0 atom stereocenters. The van der Waals surface area contributed by atoms with Crippen LogP contribution >= 0.6 is 152 Å². The van der Waals surface area contributed by atoms with Crippen LogP contribution in [0.2, 0.25) is 9.88 Å². The molecule has 610 valence electrons. The first-order valence-corrected chi connectivity index (χ1v) is 50.6. The Balaban J connectivity index is -0.000000123. The number of thiol groups is 12. The maximum atomic E-state index is 11.3. The molecule has 0 rings (SSSR count). The van der Waals surface area contributed by atoms with Crippen LogP contribution in [-0.2, 0) is 55.8 Å². The molecule has 0 saturated carbocycles. The average molecular weight is 1910 g/mol. The monoisotopic (exact) mass is 1910 g/mol. The number of aliphatic carboxylic acids is 6. The van der Waals surface area contributed by atoms with Crippen molar-refractivity contribution in [3.63, 3.8) is 0 Å². The Bertz CT molecular complexity index is 1480. The van der Waals surface area contributed by atoms with Gasteiger partial charge in [0.05, 0.1) is 0 Å². The van der Waals surface area contributed by atoms with E-state index < -0.39 is 68.3 Å². The van der Waals surface area contributed by atoms with Gasteiger partial charge in [-0.25, -0.2) is 0 Å². The second kappa shape index (κ2) is 89.9. The molecule has 102 heavy (non-hydrogen) atoms. The van der Waals surface area contributed by atoms with Gasteiger partial charge >= 0.3 is 54.9 Å². The second-order valence-corrected chi connectivity index (χ2v) is 31.3. The summed E-state index contributed by atoms with van der Waals surface area (Å²) in [5, 5.41) is 67.7. The molecule has 0 aliphatic carbocycles. The largest absolute Gasteiger partial charge is 2.00 e. The standard InChI is InChI=1S/6C12H24O2S2.2CH3.2S.2Sn/c6*1-2-3-4-5-6-12(7-9-15,8-10-16)11(13)14;;;;;;/h6*15-16H,2-10H2,1H3,(H,13,14);2*1H3;;;;/q;;;;;;;;2*-2;2*+2/p-6. The molecule has 12 nitrogen and oxygen atoms in total. The van der Waals surface area contributed by atoms with Crippen LogP contribution in [0.1, 0.15) is 311 Å². The van der Waals surface area contributed by atoms with Gasteiger partial charge in [-0.3, -0.25) is 0 Å². The molecule has 0 aromatic heterocycles. The number of carboxylic acids is 6. The molecule has 0 aromatic rings. The van der Waals surface area contributed by atoms with Gasteiger partial charge < -0.3 is 86.4 Å². The minimum atomic E-state index is -0.924. The normalized spacial score (nSPS) is 11.1. The topological polar surface area (TPSA) is 241 Å². The van der Waals surface area contributed by atoms with Crippen LogP contribution in [0.4, 0.5) is 0 Å². The Morgan fingerprint density at radius 2 is 0.284 bits per heavy atom. The molecule has 0 saturated heterocycles. The number of carbonyl (C=O) groups excluding carboxylic acids is 6. The van der Waals surface area contributed by atoms with Crippen molar-refractivity contribution >= 4 is 259 Å². The van der Waals surface area contributed by atoms with E-state index >= 15 is 0 Å². The molecule has 0 amide bonds. The van der Waals surface area contributed by atoms with E-state index in [1.807, 2.05) is 0 Å². The van der Waals surface area contributed by atoms with Crippen molar-refractivity contribution in [2.24, 2.45) is 32.5 Å². The predicted octanol–water partition coefficient (Wildman–Crippen LogP) is 14.4. The molecule has 0 spiro atoms. The first-order chi connectivity index (χ1) is 47.8. The Kier molecular flexibility index (Phi) is 111. The quantitative estimate of drug-likeness (QED) is 0.0155. The van der Waals surface area contributed by atoms with Crippen LogP contribution in [-0.4, -0.2) is 150 Å². The Hall–Kier alpha value is 3.32. The van der Waals surface area contributed by atoms with Crippen LogP contribution < -0.4 is 30.6 Å². The van der Waals surface area contributed by atoms with Crippen LogP contribution in [0.15, 0.2) is 0 Å². The molecule has 0 unspecified atom stereocenters. The van der Waals surface area contributed by atoms with Crippen LogP contribution in [0.25, 0.3) is 0 Å².